The van der Waals surface area contributed by atoms with E-state index in [0.29, 0.717) is 5.56 Å². The van der Waals surface area contributed by atoms with Gasteiger partial charge >= 0.3 is 0 Å². The fourth-order valence-electron chi connectivity index (χ4n) is 1.37. The van der Waals surface area contributed by atoms with Crippen LogP contribution in [0, 0.1) is 23.2 Å². The van der Waals surface area contributed by atoms with Crippen LogP contribution in [0.4, 0.5) is 0 Å². The molecular weight excluding hydrogens is 262 g/mol. The van der Waals surface area contributed by atoms with Crippen molar-refractivity contribution in [1.82, 2.24) is 4.31 Å². The van der Waals surface area contributed by atoms with Crippen LogP contribution in [-0.2, 0) is 10.0 Å². The lowest BCUT2D eigenvalue weighted by atomic mass is 10.2. The first-order chi connectivity index (χ1) is 9.02. The molecule has 0 aliphatic carbocycles. The Labute approximate surface area is 113 Å². The van der Waals surface area contributed by atoms with Gasteiger partial charge in [-0.15, -0.1) is 0 Å². The molecule has 0 heterocycles. The zero-order valence-corrected chi connectivity index (χ0v) is 11.4. The fraction of sp³-hybridized carbons (Fsp3) is 0.308. The van der Waals surface area contributed by atoms with E-state index in [1.165, 1.54) is 19.2 Å². The van der Waals surface area contributed by atoms with Crippen molar-refractivity contribution in [3.63, 3.8) is 0 Å². The summed E-state index contributed by atoms with van der Waals surface area (Å²) in [7, 11) is -2.09. The lowest BCUT2D eigenvalue weighted by Crippen LogP contribution is -2.27. The Hall–Kier alpha value is -1.86. The van der Waals surface area contributed by atoms with Crippen LogP contribution < -0.4 is 5.73 Å². The second-order valence-electron chi connectivity index (χ2n) is 3.76. The van der Waals surface area contributed by atoms with Crippen molar-refractivity contribution in [1.29, 1.82) is 5.26 Å². The molecule has 6 heteroatoms. The zero-order valence-electron chi connectivity index (χ0n) is 10.6. The van der Waals surface area contributed by atoms with Crippen molar-refractivity contribution in [2.24, 2.45) is 5.73 Å². The van der Waals surface area contributed by atoms with E-state index < -0.39 is 10.0 Å². The predicted octanol–water partition coefficient (Wildman–Crippen LogP) is 0.531. The smallest absolute Gasteiger partial charge is 0.242 e. The molecular formula is C13H15N3O2S. The fourth-order valence-corrected chi connectivity index (χ4v) is 2.54. The van der Waals surface area contributed by atoms with Gasteiger partial charge in [0.2, 0.25) is 10.0 Å². The lowest BCUT2D eigenvalue weighted by molar-refractivity contribution is 0.476. The summed E-state index contributed by atoms with van der Waals surface area (Å²) in [6.07, 6.45) is 0.162. The van der Waals surface area contributed by atoms with Gasteiger partial charge in [0.1, 0.15) is 0 Å². The average molecular weight is 277 g/mol. The Bertz CT molecular complexity index is 619. The molecule has 0 saturated heterocycles. The molecule has 0 fully saturated rings. The van der Waals surface area contributed by atoms with Crippen LogP contribution in [-0.4, -0.2) is 32.9 Å². The zero-order chi connectivity index (χ0) is 14.3. The van der Waals surface area contributed by atoms with Gasteiger partial charge in [0.15, 0.2) is 0 Å². The third-order valence-corrected chi connectivity index (χ3v) is 4.31. The Morgan fingerprint density at radius 3 is 2.47 bits per heavy atom. The van der Waals surface area contributed by atoms with Crippen LogP contribution in [0.2, 0.25) is 0 Å². The first-order valence-electron chi connectivity index (χ1n) is 5.64. The molecule has 0 aliphatic heterocycles. The quantitative estimate of drug-likeness (QED) is 0.813. The van der Waals surface area contributed by atoms with Gasteiger partial charge in [-0.1, -0.05) is 11.8 Å². The highest BCUT2D eigenvalue weighted by Gasteiger charge is 2.19. The summed E-state index contributed by atoms with van der Waals surface area (Å²) in [4.78, 5) is 0.186. The van der Waals surface area contributed by atoms with Crippen molar-refractivity contribution >= 4 is 10.0 Å². The van der Waals surface area contributed by atoms with Crippen molar-refractivity contribution < 1.29 is 8.42 Å². The van der Waals surface area contributed by atoms with Crippen LogP contribution in [0.3, 0.4) is 0 Å². The summed E-state index contributed by atoms with van der Waals surface area (Å²) in [6.45, 7) is 0.435. The normalized spacial score (nSPS) is 10.6. The average Bonchev–Trinajstić information content (AvgIpc) is 2.42. The van der Waals surface area contributed by atoms with Gasteiger partial charge in [-0.05, 0) is 24.3 Å². The van der Waals surface area contributed by atoms with Gasteiger partial charge in [0.05, 0.1) is 17.5 Å². The highest BCUT2D eigenvalue weighted by atomic mass is 32.2. The molecule has 1 rings (SSSR count). The molecule has 1 aromatic rings. The largest absolute Gasteiger partial charge is 0.320 e. The predicted molar refractivity (Wildman–Crippen MR) is 72.4 cm³/mol. The SMILES string of the molecule is CN(CCC#N)S(=O)(=O)c1ccc(C#CCN)cc1. The molecule has 0 spiro atoms. The van der Waals surface area contributed by atoms with Crippen molar-refractivity contribution in [3.05, 3.63) is 29.8 Å². The van der Waals surface area contributed by atoms with E-state index >= 15 is 0 Å². The Kier molecular flexibility index (Phi) is 5.53. The Morgan fingerprint density at radius 1 is 1.32 bits per heavy atom. The van der Waals surface area contributed by atoms with Gasteiger partial charge in [0, 0.05) is 25.6 Å². The molecule has 0 saturated carbocycles. The van der Waals surface area contributed by atoms with E-state index in [9.17, 15) is 8.42 Å². The number of sulfonamides is 1. The molecule has 0 bridgehead atoms. The molecule has 2 N–H and O–H groups in total. The first-order valence-corrected chi connectivity index (χ1v) is 7.08. The van der Waals surface area contributed by atoms with Crippen molar-refractivity contribution in [2.75, 3.05) is 20.1 Å². The number of hydrogen-bond acceptors (Lipinski definition) is 4. The van der Waals surface area contributed by atoms with Crippen LogP contribution in [0.25, 0.3) is 0 Å². The molecule has 100 valence electrons. The summed E-state index contributed by atoms with van der Waals surface area (Å²) < 4.78 is 25.4. The van der Waals surface area contributed by atoms with E-state index in [-0.39, 0.29) is 24.4 Å². The molecule has 19 heavy (non-hydrogen) atoms. The third-order valence-electron chi connectivity index (χ3n) is 2.44. The number of rotatable bonds is 4. The molecule has 5 nitrogen and oxygen atoms in total. The minimum atomic E-state index is -3.54. The van der Waals surface area contributed by atoms with Gasteiger partial charge in [-0.25, -0.2) is 8.42 Å². The van der Waals surface area contributed by atoms with Gasteiger partial charge in [0.25, 0.3) is 0 Å². The van der Waals surface area contributed by atoms with E-state index in [4.69, 9.17) is 11.0 Å². The number of nitriles is 1. The Morgan fingerprint density at radius 2 is 1.95 bits per heavy atom. The summed E-state index contributed by atoms with van der Waals surface area (Å²) >= 11 is 0. The minimum Gasteiger partial charge on any atom is -0.320 e. The highest BCUT2D eigenvalue weighted by molar-refractivity contribution is 7.89. The number of nitrogens with zero attached hydrogens (tertiary/aromatic N) is 2. The van der Waals surface area contributed by atoms with Gasteiger partial charge in [-0.2, -0.15) is 9.57 Å². The van der Waals surface area contributed by atoms with E-state index in [2.05, 4.69) is 11.8 Å². The van der Waals surface area contributed by atoms with E-state index in [1.807, 2.05) is 6.07 Å². The summed E-state index contributed by atoms with van der Waals surface area (Å²) in [5.74, 6) is 5.52. The van der Waals surface area contributed by atoms with Crippen molar-refractivity contribution in [2.45, 2.75) is 11.3 Å². The lowest BCUT2D eigenvalue weighted by Gasteiger charge is -2.15. The third kappa shape index (κ3) is 4.08. The first kappa shape index (κ1) is 15.2. The Balaban J connectivity index is 2.94. The molecule has 0 amide bonds. The summed E-state index contributed by atoms with van der Waals surface area (Å²) in [5.41, 5.74) is 5.97. The second kappa shape index (κ2) is 6.91. The van der Waals surface area contributed by atoms with Crippen LogP contribution in [0.15, 0.2) is 29.2 Å². The van der Waals surface area contributed by atoms with Gasteiger partial charge < -0.3 is 5.73 Å². The number of benzene rings is 1. The second-order valence-corrected chi connectivity index (χ2v) is 5.81. The molecule has 1 aromatic carbocycles. The molecule has 0 aromatic heterocycles. The van der Waals surface area contributed by atoms with Crippen LogP contribution in [0.1, 0.15) is 12.0 Å². The summed E-state index contributed by atoms with van der Waals surface area (Å²) in [5, 5.41) is 8.47. The monoisotopic (exact) mass is 277 g/mol. The van der Waals surface area contributed by atoms with E-state index in [0.717, 1.165) is 4.31 Å². The minimum absolute atomic E-state index is 0.162. The molecule has 0 aliphatic rings. The van der Waals surface area contributed by atoms with Crippen molar-refractivity contribution in [3.8, 4) is 17.9 Å². The molecule has 0 unspecified atom stereocenters. The standard InChI is InChI=1S/C13H15N3O2S/c1-16(11-3-10-15)19(17,18)13-7-5-12(6-8-13)4-2-9-14/h5-8H,3,9,11,14H2,1H3. The maximum absolute atomic E-state index is 12.1. The summed E-state index contributed by atoms with van der Waals surface area (Å²) in [6, 6.07) is 8.18. The topological polar surface area (TPSA) is 87.2 Å². The van der Waals surface area contributed by atoms with Crippen LogP contribution >= 0.6 is 0 Å². The van der Waals surface area contributed by atoms with E-state index in [1.54, 1.807) is 12.1 Å². The highest BCUT2D eigenvalue weighted by Crippen LogP contribution is 2.15. The van der Waals surface area contributed by atoms with Crippen LogP contribution in [0.5, 0.6) is 0 Å². The molecule has 0 radical (unpaired) electrons. The number of nitrogens with two attached hydrogens (primary N) is 1. The van der Waals surface area contributed by atoms with Gasteiger partial charge in [-0.3, -0.25) is 0 Å². The maximum atomic E-state index is 12.1. The molecule has 0 atom stereocenters. The number of hydrogen-bond donors (Lipinski definition) is 1. The maximum Gasteiger partial charge on any atom is 0.242 e.